The maximum atomic E-state index is 14.0. The fraction of sp³-hybridized carbons (Fsp3) is 0.472. The number of likely N-dealkylation sites (tertiary alicyclic amines) is 1. The van der Waals surface area contributed by atoms with E-state index in [-0.39, 0.29) is 33.5 Å². The molecule has 258 valence electrons. The van der Waals surface area contributed by atoms with Gasteiger partial charge < -0.3 is 29.3 Å². The van der Waals surface area contributed by atoms with Crippen LogP contribution in [-0.2, 0) is 30.3 Å². The first kappa shape index (κ1) is 35.7. The monoisotopic (exact) mass is 698 g/mol. The van der Waals surface area contributed by atoms with Gasteiger partial charge in [-0.1, -0.05) is 47.5 Å². The first-order valence-corrected chi connectivity index (χ1v) is 17.1. The summed E-state index contributed by atoms with van der Waals surface area (Å²) >= 11 is 13.5. The molecule has 1 N–H and O–H groups in total. The maximum Gasteiger partial charge on any atom is 0.336 e. The number of nitrogens with one attached hydrogen (secondary N) is 1. The molecule has 0 aliphatic carbocycles. The highest BCUT2D eigenvalue weighted by molar-refractivity contribution is 6.36. The molecule has 2 fully saturated rings. The summed E-state index contributed by atoms with van der Waals surface area (Å²) in [5.74, 6) is -1.83. The molecule has 48 heavy (non-hydrogen) atoms. The van der Waals surface area contributed by atoms with Crippen LogP contribution >= 0.6 is 23.2 Å². The van der Waals surface area contributed by atoms with Crippen LogP contribution in [0.3, 0.4) is 0 Å². The second-order valence-corrected chi connectivity index (χ2v) is 13.2. The number of nitrogens with zero attached hydrogens (tertiary/aromatic N) is 3. The Bertz CT molecular complexity index is 1560. The van der Waals surface area contributed by atoms with Crippen molar-refractivity contribution in [3.05, 3.63) is 86.2 Å². The molecule has 3 heterocycles. The van der Waals surface area contributed by atoms with Gasteiger partial charge in [-0.2, -0.15) is 0 Å². The van der Waals surface area contributed by atoms with Gasteiger partial charge in [-0.3, -0.25) is 9.69 Å². The number of hydrogen-bond acceptors (Lipinski definition) is 9. The van der Waals surface area contributed by atoms with E-state index in [0.717, 1.165) is 44.6 Å². The number of rotatable bonds is 10. The molecular weight excluding hydrogens is 655 g/mol. The fourth-order valence-electron chi connectivity index (χ4n) is 7.05. The Kier molecular flexibility index (Phi) is 12.1. The zero-order valence-corrected chi connectivity index (χ0v) is 29.5. The van der Waals surface area contributed by atoms with Crippen molar-refractivity contribution in [3.63, 3.8) is 0 Å². The summed E-state index contributed by atoms with van der Waals surface area (Å²) in [4.78, 5) is 48.0. The number of methoxy groups -OCH3 is 3. The van der Waals surface area contributed by atoms with Crippen LogP contribution in [0.2, 0.25) is 10.0 Å². The molecular formula is C36H44Cl2N4O6. The number of ether oxygens (including phenoxy) is 3. The third kappa shape index (κ3) is 7.83. The molecule has 1 amide bonds. The van der Waals surface area contributed by atoms with E-state index < -0.39 is 17.9 Å². The molecule has 1 atom stereocenters. The second kappa shape index (κ2) is 16.2. The first-order valence-electron chi connectivity index (χ1n) is 16.3. The van der Waals surface area contributed by atoms with E-state index >= 15 is 0 Å². The molecule has 0 radical (unpaired) electrons. The largest absolute Gasteiger partial charge is 0.496 e. The number of carbonyl (C=O) groups is 3. The number of hydrogen-bond donors (Lipinski definition) is 1. The number of halogens is 2. The lowest BCUT2D eigenvalue weighted by molar-refractivity contribution is -0.137. The first-order chi connectivity index (χ1) is 23.2. The van der Waals surface area contributed by atoms with Crippen molar-refractivity contribution in [2.45, 2.75) is 44.1 Å². The highest BCUT2D eigenvalue weighted by atomic mass is 35.5. The van der Waals surface area contributed by atoms with E-state index in [1.807, 2.05) is 29.2 Å². The summed E-state index contributed by atoms with van der Waals surface area (Å²) in [6, 6.07) is 13.1. The average molecular weight is 700 g/mol. The van der Waals surface area contributed by atoms with Crippen LogP contribution in [0.15, 0.2) is 65.0 Å². The van der Waals surface area contributed by atoms with Gasteiger partial charge in [0.25, 0.3) is 0 Å². The molecule has 2 saturated heterocycles. The van der Waals surface area contributed by atoms with Gasteiger partial charge in [0.15, 0.2) is 0 Å². The molecule has 1 unspecified atom stereocenters. The standard InChI is InChI=1S/C36H44Cl2N4O6/c1-40-16-14-24(15-17-40)41-18-20-42(21-19-41)30(43)22-28-33(36(45)48-4)34(31-25(37)9-7-10-26(31)38)32(35(44)47-3)27(39-28)13-12-23-8-5-6-11-29(23)46-2/h5-11,24,34,39H,12-22H2,1-4H3. The molecule has 0 aromatic heterocycles. The molecule has 3 aliphatic rings. The van der Waals surface area contributed by atoms with Crippen molar-refractivity contribution in [3.8, 4) is 5.75 Å². The lowest BCUT2D eigenvalue weighted by atomic mass is 9.78. The van der Waals surface area contributed by atoms with Crippen molar-refractivity contribution >= 4 is 41.0 Å². The lowest BCUT2D eigenvalue weighted by Gasteiger charge is -2.42. The minimum atomic E-state index is -1.05. The smallest absolute Gasteiger partial charge is 0.336 e. The minimum absolute atomic E-state index is 0.0900. The van der Waals surface area contributed by atoms with Crippen molar-refractivity contribution < 1.29 is 28.6 Å². The molecule has 10 nitrogen and oxygen atoms in total. The van der Waals surface area contributed by atoms with Crippen LogP contribution in [-0.4, -0.2) is 106 Å². The molecule has 0 saturated carbocycles. The summed E-state index contributed by atoms with van der Waals surface area (Å²) in [6.45, 7) is 4.94. The van der Waals surface area contributed by atoms with Crippen LogP contribution in [0.5, 0.6) is 5.75 Å². The van der Waals surface area contributed by atoms with Crippen LogP contribution in [0, 0.1) is 0 Å². The van der Waals surface area contributed by atoms with E-state index in [0.29, 0.717) is 54.7 Å². The quantitative estimate of drug-likeness (QED) is 0.351. The van der Waals surface area contributed by atoms with E-state index in [9.17, 15) is 14.4 Å². The van der Waals surface area contributed by atoms with Crippen LogP contribution < -0.4 is 10.1 Å². The van der Waals surface area contributed by atoms with Crippen LogP contribution in [0.25, 0.3) is 0 Å². The Morgan fingerprint density at radius 1 is 0.792 bits per heavy atom. The van der Waals surface area contributed by atoms with Gasteiger partial charge in [0, 0.05) is 59.2 Å². The Morgan fingerprint density at radius 3 is 2.00 bits per heavy atom. The van der Waals surface area contributed by atoms with Gasteiger partial charge >= 0.3 is 11.9 Å². The molecule has 0 spiro atoms. The third-order valence-electron chi connectivity index (χ3n) is 9.66. The summed E-state index contributed by atoms with van der Waals surface area (Å²) in [7, 11) is 6.31. The Morgan fingerprint density at radius 2 is 1.40 bits per heavy atom. The Labute approximate surface area is 292 Å². The number of carbonyl (C=O) groups excluding carboxylic acids is 3. The number of esters is 2. The zero-order chi connectivity index (χ0) is 34.4. The number of piperidine rings is 1. The highest BCUT2D eigenvalue weighted by Crippen LogP contribution is 2.46. The van der Waals surface area contributed by atoms with E-state index in [2.05, 4.69) is 22.2 Å². The molecule has 5 rings (SSSR count). The van der Waals surface area contributed by atoms with Crippen molar-refractivity contribution in [2.75, 3.05) is 67.6 Å². The molecule has 2 aromatic rings. The predicted molar refractivity (Wildman–Crippen MR) is 185 cm³/mol. The maximum absolute atomic E-state index is 14.0. The summed E-state index contributed by atoms with van der Waals surface area (Å²) in [5.41, 5.74) is 2.38. The van der Waals surface area contributed by atoms with Gasteiger partial charge in [0.1, 0.15) is 5.75 Å². The number of allylic oxidation sites excluding steroid dienone is 1. The van der Waals surface area contributed by atoms with E-state index in [1.165, 1.54) is 14.2 Å². The summed E-state index contributed by atoms with van der Waals surface area (Å²) in [5, 5.41) is 3.86. The van der Waals surface area contributed by atoms with Crippen molar-refractivity contribution in [1.29, 1.82) is 0 Å². The molecule has 12 heteroatoms. The van der Waals surface area contributed by atoms with Crippen molar-refractivity contribution in [1.82, 2.24) is 20.0 Å². The average Bonchev–Trinajstić information content (AvgIpc) is 3.10. The highest BCUT2D eigenvalue weighted by Gasteiger charge is 2.42. The zero-order valence-electron chi connectivity index (χ0n) is 28.0. The molecule has 3 aliphatic heterocycles. The lowest BCUT2D eigenvalue weighted by Crippen LogP contribution is -2.54. The molecule has 0 bridgehead atoms. The van der Waals surface area contributed by atoms with Gasteiger partial charge in [-0.05, 0) is 69.6 Å². The van der Waals surface area contributed by atoms with Gasteiger partial charge in [-0.15, -0.1) is 0 Å². The second-order valence-electron chi connectivity index (χ2n) is 12.4. The normalized spacial score (nSPS) is 19.6. The van der Waals surface area contributed by atoms with Crippen LogP contribution in [0.1, 0.15) is 42.7 Å². The van der Waals surface area contributed by atoms with Crippen LogP contribution in [0.4, 0.5) is 0 Å². The number of benzene rings is 2. The number of aryl methyl sites for hydroxylation is 1. The fourth-order valence-corrected chi connectivity index (χ4v) is 7.67. The van der Waals surface area contributed by atoms with Gasteiger partial charge in [-0.25, -0.2) is 9.59 Å². The number of dihydropyridines is 1. The number of piperazine rings is 1. The van der Waals surface area contributed by atoms with Gasteiger partial charge in [0.2, 0.25) is 5.91 Å². The topological polar surface area (TPSA) is 101 Å². The van der Waals surface area contributed by atoms with Gasteiger partial charge in [0.05, 0.1) is 44.8 Å². The summed E-state index contributed by atoms with van der Waals surface area (Å²) < 4.78 is 16.1. The van der Waals surface area contributed by atoms with E-state index in [4.69, 9.17) is 37.4 Å². The van der Waals surface area contributed by atoms with Crippen molar-refractivity contribution in [2.24, 2.45) is 0 Å². The molecule has 2 aromatic carbocycles. The third-order valence-corrected chi connectivity index (χ3v) is 10.3. The SMILES string of the molecule is COC(=O)C1=C(CCc2ccccc2OC)NC(CC(=O)N2CCN(C3CCN(C)CC3)CC2)=C(C(=O)OC)C1c1c(Cl)cccc1Cl. The minimum Gasteiger partial charge on any atom is -0.496 e. The summed E-state index contributed by atoms with van der Waals surface area (Å²) in [6.07, 6.45) is 2.97. The number of amides is 1. The van der Waals surface area contributed by atoms with E-state index in [1.54, 1.807) is 25.3 Å². The predicted octanol–water partition coefficient (Wildman–Crippen LogP) is 4.80. The Hall–Kier alpha value is -3.57. The Balaban J connectivity index is 1.50. The number of para-hydroxylation sites is 1.